The first-order valence-corrected chi connectivity index (χ1v) is 15.0. The lowest BCUT2D eigenvalue weighted by Crippen LogP contribution is -2.53. The van der Waals surface area contributed by atoms with E-state index < -0.39 is 34.3 Å². The summed E-state index contributed by atoms with van der Waals surface area (Å²) in [6.07, 6.45) is 0.965. The Morgan fingerprint density at radius 1 is 0.925 bits per heavy atom. The van der Waals surface area contributed by atoms with E-state index in [1.165, 1.54) is 65.6 Å². The van der Waals surface area contributed by atoms with Gasteiger partial charge in [-0.25, -0.2) is 12.8 Å². The first-order valence-electron chi connectivity index (χ1n) is 12.8. The van der Waals surface area contributed by atoms with Crippen molar-refractivity contribution in [2.24, 2.45) is 0 Å². The molecule has 0 saturated carbocycles. The van der Waals surface area contributed by atoms with Crippen molar-refractivity contribution >= 4 is 50.7 Å². The van der Waals surface area contributed by atoms with Gasteiger partial charge in [0.2, 0.25) is 11.8 Å². The van der Waals surface area contributed by atoms with E-state index in [0.29, 0.717) is 17.0 Å². The summed E-state index contributed by atoms with van der Waals surface area (Å²) in [5.41, 5.74) is 0.758. The number of benzene rings is 3. The highest BCUT2D eigenvalue weighted by Gasteiger charge is 2.34. The molecule has 0 aliphatic carbocycles. The first kappa shape index (κ1) is 31.4. The Bertz CT molecular complexity index is 1420. The molecule has 0 heterocycles. The van der Waals surface area contributed by atoms with Gasteiger partial charge in [-0.15, -0.1) is 0 Å². The summed E-state index contributed by atoms with van der Waals surface area (Å²) < 4.78 is 42.2. The average molecular weight is 609 g/mol. The molecule has 0 aliphatic heterocycles. The zero-order valence-corrected chi connectivity index (χ0v) is 24.8. The van der Waals surface area contributed by atoms with Crippen LogP contribution >= 0.6 is 23.2 Å². The van der Waals surface area contributed by atoms with Crippen molar-refractivity contribution in [3.8, 4) is 0 Å². The number of hydrogen-bond acceptors (Lipinski definition) is 4. The second kappa shape index (κ2) is 14.0. The second-order valence-corrected chi connectivity index (χ2v) is 12.1. The Morgan fingerprint density at radius 3 is 2.15 bits per heavy atom. The predicted octanol–water partition coefficient (Wildman–Crippen LogP) is 6.05. The summed E-state index contributed by atoms with van der Waals surface area (Å²) in [6.45, 7) is 4.91. The fourth-order valence-electron chi connectivity index (χ4n) is 4.04. The lowest BCUT2D eigenvalue weighted by atomic mass is 10.1. The fraction of sp³-hybridized carbons (Fsp3) is 0.310. The molecule has 2 amide bonds. The standard InChI is InChI=1S/C29H32Cl2FN3O4S/c1-4-20(3)33-29(37)27(5-2)34(18-21-9-13-24(32)14-10-21)28(36)19-35(25-8-6-7-23(31)17-25)40(38,39)26-15-11-22(30)12-16-26/h6-17,20,27H,4-5,18-19H2,1-3H3,(H,33,37)/t20-,27-/m1/s1. The zero-order chi connectivity index (χ0) is 29.4. The molecule has 1 N–H and O–H groups in total. The van der Waals surface area contributed by atoms with Crippen LogP contribution < -0.4 is 9.62 Å². The van der Waals surface area contributed by atoms with Crippen LogP contribution in [0.2, 0.25) is 10.0 Å². The molecule has 3 aromatic carbocycles. The van der Waals surface area contributed by atoms with E-state index in [-0.39, 0.29) is 40.5 Å². The molecule has 7 nitrogen and oxygen atoms in total. The maximum atomic E-state index is 14.0. The van der Waals surface area contributed by atoms with E-state index in [1.807, 2.05) is 13.8 Å². The molecule has 2 atom stereocenters. The molecule has 11 heteroatoms. The monoisotopic (exact) mass is 607 g/mol. The Kier molecular flexibility index (Phi) is 11.0. The van der Waals surface area contributed by atoms with Crippen LogP contribution in [0.15, 0.2) is 77.7 Å². The minimum Gasteiger partial charge on any atom is -0.352 e. The Morgan fingerprint density at radius 2 is 1.57 bits per heavy atom. The molecule has 0 saturated heterocycles. The number of sulfonamides is 1. The number of carbonyl (C=O) groups is 2. The molecule has 40 heavy (non-hydrogen) atoms. The van der Waals surface area contributed by atoms with Gasteiger partial charge in [-0.05, 0) is 79.9 Å². The van der Waals surface area contributed by atoms with Crippen molar-refractivity contribution in [3.05, 3.63) is 94.2 Å². The largest absolute Gasteiger partial charge is 0.352 e. The third kappa shape index (κ3) is 7.96. The maximum absolute atomic E-state index is 14.0. The molecule has 0 bridgehead atoms. The number of carbonyl (C=O) groups excluding carboxylic acids is 2. The van der Waals surface area contributed by atoms with Crippen LogP contribution in [0.4, 0.5) is 10.1 Å². The van der Waals surface area contributed by atoms with Gasteiger partial charge in [0.05, 0.1) is 10.6 Å². The quantitative estimate of drug-likeness (QED) is 0.271. The molecular formula is C29H32Cl2FN3O4S. The van der Waals surface area contributed by atoms with Crippen molar-refractivity contribution in [1.82, 2.24) is 10.2 Å². The summed E-state index contributed by atoms with van der Waals surface area (Å²) in [5.74, 6) is -1.42. The molecule has 0 unspecified atom stereocenters. The van der Waals surface area contributed by atoms with Gasteiger partial charge in [-0.3, -0.25) is 13.9 Å². The van der Waals surface area contributed by atoms with Crippen LogP contribution in [0.3, 0.4) is 0 Å². The summed E-state index contributed by atoms with van der Waals surface area (Å²) in [5, 5.41) is 3.55. The van der Waals surface area contributed by atoms with Gasteiger partial charge in [0.1, 0.15) is 18.4 Å². The summed E-state index contributed by atoms with van der Waals surface area (Å²) in [7, 11) is -4.25. The third-order valence-corrected chi connectivity index (χ3v) is 8.70. The normalized spacial score (nSPS) is 12.8. The third-order valence-electron chi connectivity index (χ3n) is 6.43. The summed E-state index contributed by atoms with van der Waals surface area (Å²) in [6, 6.07) is 16.3. The Hall–Kier alpha value is -3.14. The molecule has 0 spiro atoms. The molecule has 3 aromatic rings. The number of nitrogens with zero attached hydrogens (tertiary/aromatic N) is 2. The van der Waals surface area contributed by atoms with E-state index in [9.17, 15) is 22.4 Å². The van der Waals surface area contributed by atoms with E-state index in [2.05, 4.69) is 5.32 Å². The molecule has 0 aromatic heterocycles. The number of rotatable bonds is 12. The summed E-state index contributed by atoms with van der Waals surface area (Å²) >= 11 is 12.2. The molecule has 214 valence electrons. The van der Waals surface area contributed by atoms with Gasteiger partial charge < -0.3 is 10.2 Å². The molecule has 0 aliphatic rings. The van der Waals surface area contributed by atoms with Crippen molar-refractivity contribution in [2.75, 3.05) is 10.8 Å². The van der Waals surface area contributed by atoms with Crippen molar-refractivity contribution in [3.63, 3.8) is 0 Å². The van der Waals surface area contributed by atoms with E-state index in [4.69, 9.17) is 23.2 Å². The zero-order valence-electron chi connectivity index (χ0n) is 22.5. The van der Waals surface area contributed by atoms with Gasteiger partial charge in [-0.2, -0.15) is 0 Å². The van der Waals surface area contributed by atoms with Crippen LogP contribution in [0, 0.1) is 5.82 Å². The van der Waals surface area contributed by atoms with Gasteiger partial charge >= 0.3 is 0 Å². The van der Waals surface area contributed by atoms with Crippen molar-refractivity contribution in [2.45, 2.75) is 57.1 Å². The van der Waals surface area contributed by atoms with Gasteiger partial charge in [0, 0.05) is 22.6 Å². The number of hydrogen-bond donors (Lipinski definition) is 1. The predicted molar refractivity (Wildman–Crippen MR) is 156 cm³/mol. The van der Waals surface area contributed by atoms with Crippen molar-refractivity contribution < 1.29 is 22.4 Å². The van der Waals surface area contributed by atoms with Crippen molar-refractivity contribution in [1.29, 1.82) is 0 Å². The minimum absolute atomic E-state index is 0.0318. The van der Waals surface area contributed by atoms with E-state index >= 15 is 0 Å². The van der Waals surface area contributed by atoms with E-state index in [0.717, 1.165) is 4.31 Å². The highest BCUT2D eigenvalue weighted by atomic mass is 35.5. The lowest BCUT2D eigenvalue weighted by molar-refractivity contribution is -0.140. The first-order chi connectivity index (χ1) is 19.0. The minimum atomic E-state index is -4.25. The topological polar surface area (TPSA) is 86.8 Å². The Balaban J connectivity index is 2.05. The van der Waals surface area contributed by atoms with E-state index in [1.54, 1.807) is 19.1 Å². The number of anilines is 1. The van der Waals surface area contributed by atoms with Crippen LogP contribution in [0.5, 0.6) is 0 Å². The van der Waals surface area contributed by atoms with Gasteiger partial charge in [0.15, 0.2) is 0 Å². The highest BCUT2D eigenvalue weighted by Crippen LogP contribution is 2.27. The number of nitrogens with one attached hydrogen (secondary N) is 1. The lowest BCUT2D eigenvalue weighted by Gasteiger charge is -2.33. The maximum Gasteiger partial charge on any atom is 0.264 e. The van der Waals surface area contributed by atoms with Crippen LogP contribution in [0.25, 0.3) is 0 Å². The molecular weight excluding hydrogens is 576 g/mol. The van der Waals surface area contributed by atoms with Gasteiger partial charge in [-0.1, -0.05) is 55.2 Å². The number of halogens is 3. The van der Waals surface area contributed by atoms with Crippen LogP contribution in [-0.2, 0) is 26.2 Å². The van der Waals surface area contributed by atoms with Gasteiger partial charge in [0.25, 0.3) is 10.0 Å². The smallest absolute Gasteiger partial charge is 0.264 e. The SMILES string of the molecule is CC[C@@H](C)NC(=O)[C@@H](CC)N(Cc1ccc(F)cc1)C(=O)CN(c1cccc(Cl)c1)S(=O)(=O)c1ccc(Cl)cc1. The fourth-order valence-corrected chi connectivity index (χ4v) is 5.76. The molecule has 3 rings (SSSR count). The van der Waals surface area contributed by atoms with Crippen LogP contribution in [-0.4, -0.2) is 43.8 Å². The highest BCUT2D eigenvalue weighted by molar-refractivity contribution is 7.92. The molecule has 0 radical (unpaired) electrons. The van der Waals surface area contributed by atoms with Crippen LogP contribution in [0.1, 0.15) is 39.2 Å². The molecule has 0 fully saturated rings. The average Bonchev–Trinajstić information content (AvgIpc) is 2.92. The number of amides is 2. The Labute approximate surface area is 244 Å². The second-order valence-electron chi connectivity index (χ2n) is 9.34. The summed E-state index contributed by atoms with van der Waals surface area (Å²) in [4.78, 5) is 28.5.